The summed E-state index contributed by atoms with van der Waals surface area (Å²) in [5, 5.41) is 3.26. The van der Waals surface area contributed by atoms with Gasteiger partial charge in [-0.05, 0) is 62.1 Å². The smallest absolute Gasteiger partial charge is 0.255 e. The van der Waals surface area contributed by atoms with Gasteiger partial charge in [0.2, 0.25) is 0 Å². The molecule has 0 radical (unpaired) electrons. The van der Waals surface area contributed by atoms with Gasteiger partial charge in [0.1, 0.15) is 17.4 Å². The first kappa shape index (κ1) is 30.6. The first-order chi connectivity index (χ1) is 22.5. The maximum Gasteiger partial charge on any atom is 0.255 e. The first-order valence-corrected chi connectivity index (χ1v) is 16.5. The van der Waals surface area contributed by atoms with Crippen LogP contribution < -0.4 is 15.1 Å². The second kappa shape index (κ2) is 13.3. The van der Waals surface area contributed by atoms with Crippen molar-refractivity contribution < 1.29 is 13.6 Å². The van der Waals surface area contributed by atoms with E-state index in [1.54, 1.807) is 12.4 Å². The van der Waals surface area contributed by atoms with Crippen molar-refractivity contribution in [2.24, 2.45) is 0 Å². The van der Waals surface area contributed by atoms with Crippen LogP contribution in [0, 0.1) is 11.6 Å². The summed E-state index contributed by atoms with van der Waals surface area (Å²) in [4.78, 5) is 32.9. The van der Waals surface area contributed by atoms with E-state index >= 15 is 0 Å². The van der Waals surface area contributed by atoms with Crippen LogP contribution >= 0.6 is 0 Å². The molecule has 0 saturated carbocycles. The molecule has 1 amide bonds. The third kappa shape index (κ3) is 6.18. The number of benzene rings is 2. The van der Waals surface area contributed by atoms with Gasteiger partial charge in [0.05, 0.1) is 5.56 Å². The SMILES string of the molecule is CN1CCN(c2ccccc2CNC(=O)c2c3n(c4c(N5CCN(CCc6ccc(F)c(F)c6)CC5)ncnc24)CCCC3)CC1. The van der Waals surface area contributed by atoms with Crippen molar-refractivity contribution in [2.75, 3.05) is 75.8 Å². The standard InChI is InChI=1S/C35H42F2N8O/c1-41-14-18-43(19-15-41)29-7-3-2-6-26(29)23-38-35(46)31-30-8-4-5-12-45(30)33-32(31)39-24-40-34(33)44-20-16-42(17-21-44)13-11-25-9-10-27(36)28(37)22-25/h2-3,6-7,9-10,22,24H,4-5,8,11-21,23H2,1H3,(H,38,46). The van der Waals surface area contributed by atoms with Crippen molar-refractivity contribution in [3.8, 4) is 0 Å². The van der Waals surface area contributed by atoms with Crippen LogP contribution in [0.3, 0.4) is 0 Å². The van der Waals surface area contributed by atoms with E-state index < -0.39 is 11.6 Å². The Kier molecular flexibility index (Phi) is 8.86. The summed E-state index contributed by atoms with van der Waals surface area (Å²) in [5.74, 6) is -0.809. The number of fused-ring (bicyclic) bond motifs is 3. The second-order valence-electron chi connectivity index (χ2n) is 12.8. The van der Waals surface area contributed by atoms with Gasteiger partial charge in [0, 0.05) is 83.4 Å². The van der Waals surface area contributed by atoms with Gasteiger partial charge in [-0.25, -0.2) is 18.7 Å². The lowest BCUT2D eigenvalue weighted by molar-refractivity contribution is 0.0951. The largest absolute Gasteiger partial charge is 0.369 e. The molecule has 46 heavy (non-hydrogen) atoms. The van der Waals surface area contributed by atoms with Crippen molar-refractivity contribution in [3.63, 3.8) is 0 Å². The maximum absolute atomic E-state index is 14.0. The van der Waals surface area contributed by atoms with Crippen molar-refractivity contribution in [3.05, 3.63) is 82.8 Å². The molecule has 3 aliphatic rings. The van der Waals surface area contributed by atoms with Crippen molar-refractivity contribution in [2.45, 2.75) is 38.8 Å². The van der Waals surface area contributed by atoms with Gasteiger partial charge in [-0.15, -0.1) is 0 Å². The molecule has 5 heterocycles. The second-order valence-corrected chi connectivity index (χ2v) is 12.8. The van der Waals surface area contributed by atoms with E-state index in [-0.39, 0.29) is 5.91 Å². The maximum atomic E-state index is 14.0. The van der Waals surface area contributed by atoms with E-state index in [4.69, 9.17) is 9.97 Å². The van der Waals surface area contributed by atoms with Crippen molar-refractivity contribution >= 4 is 28.4 Å². The molecule has 0 aliphatic carbocycles. The molecule has 1 N–H and O–H groups in total. The highest BCUT2D eigenvalue weighted by Gasteiger charge is 2.30. The minimum atomic E-state index is -0.812. The number of rotatable bonds is 8. The van der Waals surface area contributed by atoms with Gasteiger partial charge in [-0.2, -0.15) is 0 Å². The van der Waals surface area contributed by atoms with E-state index in [2.05, 4.69) is 54.7 Å². The molecule has 0 atom stereocenters. The molecule has 0 bridgehead atoms. The van der Waals surface area contributed by atoms with E-state index in [0.29, 0.717) is 18.5 Å². The van der Waals surface area contributed by atoms with Crippen molar-refractivity contribution in [1.29, 1.82) is 0 Å². The van der Waals surface area contributed by atoms with E-state index in [0.717, 1.165) is 118 Å². The highest BCUT2D eigenvalue weighted by Crippen LogP contribution is 2.35. The summed E-state index contributed by atoms with van der Waals surface area (Å²) in [7, 11) is 2.16. The molecule has 242 valence electrons. The Bertz CT molecular complexity index is 1710. The number of likely N-dealkylation sites (N-methyl/N-ethyl adjacent to an activating group) is 1. The zero-order chi connectivity index (χ0) is 31.6. The fraction of sp³-hybridized carbons (Fsp3) is 0.457. The summed E-state index contributed by atoms with van der Waals surface area (Å²) in [5.41, 5.74) is 6.53. The van der Waals surface area contributed by atoms with Crippen LogP contribution in [0.4, 0.5) is 20.3 Å². The lowest BCUT2D eigenvalue weighted by Crippen LogP contribution is -2.47. The molecule has 0 unspecified atom stereocenters. The number of anilines is 2. The van der Waals surface area contributed by atoms with E-state index in [9.17, 15) is 13.6 Å². The van der Waals surface area contributed by atoms with E-state index in [1.807, 2.05) is 6.07 Å². The van der Waals surface area contributed by atoms with Gasteiger partial charge in [-0.1, -0.05) is 24.3 Å². The number of hydrogen-bond donors (Lipinski definition) is 1. The van der Waals surface area contributed by atoms with Gasteiger partial charge in [0.15, 0.2) is 17.5 Å². The molecule has 2 aromatic heterocycles. The van der Waals surface area contributed by atoms with Crippen LogP contribution in [0.2, 0.25) is 0 Å². The Morgan fingerprint density at radius 2 is 1.65 bits per heavy atom. The lowest BCUT2D eigenvalue weighted by Gasteiger charge is -2.35. The molecule has 0 spiro atoms. The van der Waals surface area contributed by atoms with Crippen molar-refractivity contribution in [1.82, 2.24) is 29.7 Å². The molecule has 11 heteroatoms. The van der Waals surface area contributed by atoms with Gasteiger partial charge in [-0.3, -0.25) is 9.69 Å². The molecule has 7 rings (SSSR count). The highest BCUT2D eigenvalue weighted by atomic mass is 19.2. The molecular weight excluding hydrogens is 586 g/mol. The zero-order valence-corrected chi connectivity index (χ0v) is 26.5. The number of nitrogens with zero attached hydrogens (tertiary/aromatic N) is 7. The minimum absolute atomic E-state index is 0.0828. The number of aromatic nitrogens is 3. The predicted octanol–water partition coefficient (Wildman–Crippen LogP) is 4.09. The number of halogens is 2. The summed E-state index contributed by atoms with van der Waals surface area (Å²) >= 11 is 0. The number of carbonyl (C=O) groups is 1. The van der Waals surface area contributed by atoms with Gasteiger partial charge in [0.25, 0.3) is 5.91 Å². The fourth-order valence-corrected chi connectivity index (χ4v) is 7.19. The molecular formula is C35H42F2N8O. The molecule has 9 nitrogen and oxygen atoms in total. The molecule has 2 aromatic carbocycles. The number of nitrogens with one attached hydrogen (secondary N) is 1. The third-order valence-corrected chi connectivity index (χ3v) is 9.84. The molecule has 4 aromatic rings. The monoisotopic (exact) mass is 628 g/mol. The lowest BCUT2D eigenvalue weighted by atomic mass is 10.1. The highest BCUT2D eigenvalue weighted by molar-refractivity contribution is 6.09. The quantitative estimate of drug-likeness (QED) is 0.315. The number of carbonyl (C=O) groups excluding carboxylic acids is 1. The van der Waals surface area contributed by atoms with Crippen LogP contribution in [0.5, 0.6) is 0 Å². The van der Waals surface area contributed by atoms with Crippen LogP contribution in [-0.2, 0) is 25.9 Å². The summed E-state index contributed by atoms with van der Waals surface area (Å²) < 4.78 is 29.3. The Morgan fingerprint density at radius 1 is 0.870 bits per heavy atom. The number of amides is 1. The molecule has 3 aliphatic heterocycles. The minimum Gasteiger partial charge on any atom is -0.369 e. The topological polar surface area (TPSA) is 72.8 Å². The normalized spacial score (nSPS) is 17.8. The van der Waals surface area contributed by atoms with Gasteiger partial charge >= 0.3 is 0 Å². The van der Waals surface area contributed by atoms with Crippen LogP contribution in [0.15, 0.2) is 48.8 Å². The van der Waals surface area contributed by atoms with Crippen LogP contribution in [0.25, 0.3) is 11.0 Å². The number of para-hydroxylation sites is 1. The average Bonchev–Trinajstić information content (AvgIpc) is 3.43. The summed E-state index contributed by atoms with van der Waals surface area (Å²) in [6, 6.07) is 12.5. The number of hydrogen-bond acceptors (Lipinski definition) is 7. The first-order valence-electron chi connectivity index (χ1n) is 16.5. The fourth-order valence-electron chi connectivity index (χ4n) is 7.19. The Hall–Kier alpha value is -4.09. The van der Waals surface area contributed by atoms with Crippen LogP contribution in [0.1, 0.15) is 40.0 Å². The average molecular weight is 629 g/mol. The molecule has 2 fully saturated rings. The summed E-state index contributed by atoms with van der Waals surface area (Å²) in [6.07, 6.45) is 5.21. The summed E-state index contributed by atoms with van der Waals surface area (Å²) in [6.45, 7) is 9.33. The predicted molar refractivity (Wildman–Crippen MR) is 177 cm³/mol. The number of piperazine rings is 2. The molecule has 2 saturated heterocycles. The Morgan fingerprint density at radius 3 is 2.46 bits per heavy atom. The Labute approximate surface area is 268 Å². The zero-order valence-electron chi connectivity index (χ0n) is 26.5. The Balaban J connectivity index is 1.08. The van der Waals surface area contributed by atoms with E-state index in [1.165, 1.54) is 17.8 Å². The van der Waals surface area contributed by atoms with Crippen LogP contribution in [-0.4, -0.2) is 96.2 Å². The third-order valence-electron chi connectivity index (χ3n) is 9.84. The number of aryl methyl sites for hydroxylation is 1. The van der Waals surface area contributed by atoms with Gasteiger partial charge < -0.3 is 24.6 Å².